The van der Waals surface area contributed by atoms with Gasteiger partial charge in [-0.25, -0.2) is 0 Å². The standard InChI is InChI=1S/C50H51N/c1-34-13-12-20-46-48(34)45-32-30-42(33-47(45)50(46,2)3)51(40-26-21-36(22-27-40)35-14-6-4-7-15-35)41-28-23-38(24-29-41)44-31-25-37-16-10-11-19-43(37)49(44)39-17-8-5-9-18-39/h10-13,16,19-33,35,39H,4-9,14-15,17-18H2,1-3H3. The summed E-state index contributed by atoms with van der Waals surface area (Å²) in [4.78, 5) is 2.49. The number of anilines is 3. The van der Waals surface area contributed by atoms with Crippen LogP contribution in [0.5, 0.6) is 0 Å². The van der Waals surface area contributed by atoms with Gasteiger partial charge in [-0.05, 0) is 142 Å². The third kappa shape index (κ3) is 5.70. The van der Waals surface area contributed by atoms with Crippen molar-refractivity contribution in [2.75, 3.05) is 4.90 Å². The molecule has 0 radical (unpaired) electrons. The largest absolute Gasteiger partial charge is 0.310 e. The van der Waals surface area contributed by atoms with Gasteiger partial charge in [0.1, 0.15) is 0 Å². The summed E-state index contributed by atoms with van der Waals surface area (Å²) in [6, 6.07) is 46.8. The predicted molar refractivity (Wildman–Crippen MR) is 218 cm³/mol. The summed E-state index contributed by atoms with van der Waals surface area (Å²) < 4.78 is 0. The zero-order valence-corrected chi connectivity index (χ0v) is 30.7. The van der Waals surface area contributed by atoms with E-state index in [1.165, 1.54) is 137 Å². The molecule has 0 atom stereocenters. The minimum atomic E-state index is -0.0569. The van der Waals surface area contributed by atoms with Crippen LogP contribution in [0.2, 0.25) is 0 Å². The molecule has 51 heavy (non-hydrogen) atoms. The van der Waals surface area contributed by atoms with Gasteiger partial charge in [0.2, 0.25) is 0 Å². The average Bonchev–Trinajstić information content (AvgIpc) is 3.42. The van der Waals surface area contributed by atoms with Crippen molar-refractivity contribution in [1.82, 2.24) is 0 Å². The zero-order chi connectivity index (χ0) is 34.5. The highest BCUT2D eigenvalue weighted by atomic mass is 15.1. The smallest absolute Gasteiger partial charge is 0.0465 e. The number of benzene rings is 6. The first kappa shape index (κ1) is 32.3. The molecule has 1 nitrogen and oxygen atoms in total. The maximum atomic E-state index is 2.49. The minimum absolute atomic E-state index is 0.0569. The van der Waals surface area contributed by atoms with Gasteiger partial charge in [0.25, 0.3) is 0 Å². The van der Waals surface area contributed by atoms with E-state index in [1.807, 2.05) is 0 Å². The van der Waals surface area contributed by atoms with Gasteiger partial charge >= 0.3 is 0 Å². The van der Waals surface area contributed by atoms with Crippen LogP contribution < -0.4 is 4.90 Å². The van der Waals surface area contributed by atoms with Crippen molar-refractivity contribution in [1.29, 1.82) is 0 Å². The Morgan fingerprint density at radius 1 is 0.529 bits per heavy atom. The third-order valence-electron chi connectivity index (χ3n) is 12.8. The van der Waals surface area contributed by atoms with Crippen molar-refractivity contribution < 1.29 is 0 Å². The molecule has 6 aromatic carbocycles. The van der Waals surface area contributed by atoms with E-state index in [2.05, 4.69) is 147 Å². The minimum Gasteiger partial charge on any atom is -0.310 e. The Morgan fingerprint density at radius 2 is 1.16 bits per heavy atom. The molecule has 3 aliphatic carbocycles. The van der Waals surface area contributed by atoms with Gasteiger partial charge < -0.3 is 4.90 Å². The second-order valence-corrected chi connectivity index (χ2v) is 16.2. The fourth-order valence-electron chi connectivity index (χ4n) is 10.0. The lowest BCUT2D eigenvalue weighted by Gasteiger charge is -2.29. The van der Waals surface area contributed by atoms with Gasteiger partial charge in [0.15, 0.2) is 0 Å². The van der Waals surface area contributed by atoms with Crippen molar-refractivity contribution >= 4 is 27.8 Å². The molecule has 2 saturated carbocycles. The monoisotopic (exact) mass is 665 g/mol. The van der Waals surface area contributed by atoms with Crippen LogP contribution in [0, 0.1) is 6.92 Å². The zero-order valence-electron chi connectivity index (χ0n) is 30.7. The second-order valence-electron chi connectivity index (χ2n) is 16.2. The molecule has 0 heterocycles. The molecule has 1 heteroatoms. The van der Waals surface area contributed by atoms with Gasteiger partial charge in [0.05, 0.1) is 0 Å². The summed E-state index contributed by atoms with van der Waals surface area (Å²) in [7, 11) is 0. The van der Waals surface area contributed by atoms with Crippen LogP contribution in [0.15, 0.2) is 121 Å². The maximum absolute atomic E-state index is 2.49. The van der Waals surface area contributed by atoms with E-state index in [4.69, 9.17) is 0 Å². The summed E-state index contributed by atoms with van der Waals surface area (Å²) >= 11 is 0. The first-order chi connectivity index (χ1) is 25.0. The Hall–Kier alpha value is -4.62. The molecule has 6 aromatic rings. The lowest BCUT2D eigenvalue weighted by Crippen LogP contribution is -2.16. The molecule has 0 unspecified atom stereocenters. The number of hydrogen-bond acceptors (Lipinski definition) is 1. The molecule has 0 N–H and O–H groups in total. The van der Waals surface area contributed by atoms with E-state index in [0.29, 0.717) is 11.8 Å². The van der Waals surface area contributed by atoms with Crippen LogP contribution in [0.4, 0.5) is 17.1 Å². The maximum Gasteiger partial charge on any atom is 0.0465 e. The van der Waals surface area contributed by atoms with Gasteiger partial charge in [-0.15, -0.1) is 0 Å². The van der Waals surface area contributed by atoms with E-state index in [-0.39, 0.29) is 5.41 Å². The highest BCUT2D eigenvalue weighted by Crippen LogP contribution is 2.52. The fraction of sp³-hybridized carbons (Fsp3) is 0.320. The molecular weight excluding hydrogens is 615 g/mol. The highest BCUT2D eigenvalue weighted by Gasteiger charge is 2.36. The number of fused-ring (bicyclic) bond motifs is 4. The molecule has 0 spiro atoms. The Morgan fingerprint density at radius 3 is 1.88 bits per heavy atom. The lowest BCUT2D eigenvalue weighted by atomic mass is 9.78. The average molecular weight is 666 g/mol. The van der Waals surface area contributed by atoms with Crippen molar-refractivity contribution in [3.63, 3.8) is 0 Å². The van der Waals surface area contributed by atoms with E-state index in [0.717, 1.165) is 0 Å². The molecule has 0 amide bonds. The highest BCUT2D eigenvalue weighted by molar-refractivity contribution is 5.93. The summed E-state index contributed by atoms with van der Waals surface area (Å²) in [5, 5.41) is 2.79. The third-order valence-corrected chi connectivity index (χ3v) is 12.8. The Labute approximate surface area is 305 Å². The van der Waals surface area contributed by atoms with Crippen LogP contribution in [-0.4, -0.2) is 0 Å². The molecule has 0 saturated heterocycles. The number of hydrogen-bond donors (Lipinski definition) is 0. The first-order valence-corrected chi connectivity index (χ1v) is 19.7. The summed E-state index contributed by atoms with van der Waals surface area (Å²) in [6.45, 7) is 7.05. The van der Waals surface area contributed by atoms with Gasteiger partial charge in [0, 0.05) is 22.5 Å². The molecule has 9 rings (SSSR count). The lowest BCUT2D eigenvalue weighted by molar-refractivity contribution is 0.443. The first-order valence-electron chi connectivity index (χ1n) is 19.7. The second kappa shape index (κ2) is 13.2. The van der Waals surface area contributed by atoms with Crippen LogP contribution in [0.25, 0.3) is 33.0 Å². The summed E-state index contributed by atoms with van der Waals surface area (Å²) in [5.74, 6) is 1.32. The molecule has 0 aromatic heterocycles. The van der Waals surface area contributed by atoms with Gasteiger partial charge in [-0.1, -0.05) is 137 Å². The van der Waals surface area contributed by atoms with Gasteiger partial charge in [-0.3, -0.25) is 0 Å². The number of rotatable bonds is 6. The molecule has 256 valence electrons. The van der Waals surface area contributed by atoms with Crippen molar-refractivity contribution in [3.05, 3.63) is 149 Å². The van der Waals surface area contributed by atoms with Crippen molar-refractivity contribution in [3.8, 4) is 22.3 Å². The molecule has 2 fully saturated rings. The topological polar surface area (TPSA) is 3.24 Å². The van der Waals surface area contributed by atoms with Crippen molar-refractivity contribution in [2.45, 2.75) is 102 Å². The summed E-state index contributed by atoms with van der Waals surface area (Å²) in [5.41, 5.74) is 16.4. The fourth-order valence-corrected chi connectivity index (χ4v) is 10.0. The summed E-state index contributed by atoms with van der Waals surface area (Å²) in [6.07, 6.45) is 13.4. The Kier molecular flexibility index (Phi) is 8.34. The number of aryl methyl sites for hydroxylation is 1. The molecular formula is C50H51N. The molecule has 0 bridgehead atoms. The SMILES string of the molecule is Cc1cccc2c1-c1ccc(N(c3ccc(-c4ccc5ccccc5c4C4CCCCC4)cc3)c3ccc(C4CCCCC4)cc3)cc1C2(C)C. The van der Waals surface area contributed by atoms with Crippen molar-refractivity contribution in [2.24, 2.45) is 0 Å². The van der Waals surface area contributed by atoms with E-state index < -0.39 is 0 Å². The molecule has 0 aliphatic heterocycles. The Bertz CT molecular complexity index is 2190. The predicted octanol–water partition coefficient (Wildman–Crippen LogP) is 14.7. The van der Waals surface area contributed by atoms with Crippen LogP contribution in [0.1, 0.15) is 118 Å². The van der Waals surface area contributed by atoms with Crippen LogP contribution in [0.3, 0.4) is 0 Å². The quantitative estimate of drug-likeness (QED) is 0.171. The van der Waals surface area contributed by atoms with Crippen LogP contribution >= 0.6 is 0 Å². The molecule has 3 aliphatic rings. The van der Waals surface area contributed by atoms with Crippen LogP contribution in [-0.2, 0) is 5.41 Å². The Balaban J connectivity index is 1.14. The van der Waals surface area contributed by atoms with E-state index >= 15 is 0 Å². The number of nitrogens with zero attached hydrogens (tertiary/aromatic N) is 1. The van der Waals surface area contributed by atoms with Gasteiger partial charge in [-0.2, -0.15) is 0 Å². The van der Waals surface area contributed by atoms with E-state index in [1.54, 1.807) is 5.56 Å². The van der Waals surface area contributed by atoms with E-state index in [9.17, 15) is 0 Å². The normalized spacial score (nSPS) is 17.3.